The molecular weight excluding hydrogens is 448 g/mol. The van der Waals surface area contributed by atoms with Crippen molar-refractivity contribution in [2.24, 2.45) is 0 Å². The van der Waals surface area contributed by atoms with Crippen molar-refractivity contribution in [3.63, 3.8) is 0 Å². The Morgan fingerprint density at radius 1 is 1.16 bits per heavy atom. The van der Waals surface area contributed by atoms with Gasteiger partial charge >= 0.3 is 12.1 Å². The Bertz CT molecular complexity index is 1340. The van der Waals surface area contributed by atoms with Crippen LogP contribution in [0, 0.1) is 11.8 Å². The van der Waals surface area contributed by atoms with Gasteiger partial charge in [-0.1, -0.05) is 30.3 Å². The number of ether oxygens (including phenoxy) is 1. The van der Waals surface area contributed by atoms with Crippen LogP contribution in [0.25, 0.3) is 9.40 Å². The lowest BCUT2D eigenvalue weighted by atomic mass is 10.1. The Labute approximate surface area is 190 Å². The molecule has 1 aromatic carbocycles. The Kier molecular flexibility index (Phi) is 5.17. The highest BCUT2D eigenvalue weighted by molar-refractivity contribution is 7.28. The molecule has 0 saturated heterocycles. The number of fused-ring (bicyclic) bond motifs is 1. The summed E-state index contributed by atoms with van der Waals surface area (Å²) in [5, 5.41) is 12.0. The zero-order valence-electron chi connectivity index (χ0n) is 16.6. The molecule has 3 heterocycles. The number of carbonyl (C=O) groups excluding carboxylic acids is 1. The van der Waals surface area contributed by atoms with Crippen LogP contribution in [0.15, 0.2) is 53.3 Å². The SMILES string of the molecule is O=C(Nc1ocnc1C#Cc1cc2sc(C3(C(=O)O)CC3)cc2s1)OCc1ccccc1. The van der Waals surface area contributed by atoms with E-state index in [1.165, 1.54) is 29.1 Å². The molecule has 1 saturated carbocycles. The smallest absolute Gasteiger partial charge is 0.414 e. The zero-order chi connectivity index (χ0) is 22.1. The standard InChI is InChI=1S/C23H16N2O5S2/c26-21(27)23(8-9-23)19-11-18-17(32-19)10-15(31-18)6-7-16-20(30-13-24-16)25-22(28)29-12-14-4-2-1-3-5-14/h1-5,10-11,13H,8-9,12H2,(H,25,28)(H,26,27). The maximum Gasteiger partial charge on any atom is 0.414 e. The van der Waals surface area contributed by atoms with Crippen LogP contribution < -0.4 is 5.32 Å². The number of hydrogen-bond acceptors (Lipinski definition) is 7. The second-order valence-electron chi connectivity index (χ2n) is 7.30. The molecule has 3 aromatic heterocycles. The molecule has 32 heavy (non-hydrogen) atoms. The number of thiophene rings is 2. The summed E-state index contributed by atoms with van der Waals surface area (Å²) in [6.07, 6.45) is 1.93. The van der Waals surface area contributed by atoms with Crippen molar-refractivity contribution in [3.05, 3.63) is 69.9 Å². The van der Waals surface area contributed by atoms with Gasteiger partial charge in [-0.05, 0) is 42.4 Å². The van der Waals surface area contributed by atoms with E-state index in [1.807, 2.05) is 42.5 Å². The molecule has 0 atom stereocenters. The van der Waals surface area contributed by atoms with Crippen LogP contribution in [-0.2, 0) is 21.6 Å². The third-order valence-electron chi connectivity index (χ3n) is 5.14. The number of anilines is 1. The number of nitrogens with one attached hydrogen (secondary N) is 1. The first-order chi connectivity index (χ1) is 15.5. The molecule has 5 rings (SSSR count). The monoisotopic (exact) mass is 464 g/mol. The molecule has 0 unspecified atom stereocenters. The molecule has 0 aliphatic heterocycles. The highest BCUT2D eigenvalue weighted by atomic mass is 32.1. The summed E-state index contributed by atoms with van der Waals surface area (Å²) < 4.78 is 12.4. The quantitative estimate of drug-likeness (QED) is 0.393. The fourth-order valence-electron chi connectivity index (χ4n) is 3.22. The second kappa shape index (κ2) is 8.15. The zero-order valence-corrected chi connectivity index (χ0v) is 18.2. The highest BCUT2D eigenvalue weighted by Crippen LogP contribution is 2.52. The fourth-order valence-corrected chi connectivity index (χ4v) is 5.71. The van der Waals surface area contributed by atoms with E-state index in [0.717, 1.165) is 24.7 Å². The lowest BCUT2D eigenvalue weighted by Crippen LogP contribution is -2.17. The lowest BCUT2D eigenvalue weighted by Gasteiger charge is -2.05. The first-order valence-electron chi connectivity index (χ1n) is 9.74. The van der Waals surface area contributed by atoms with Crippen LogP contribution in [0.4, 0.5) is 10.7 Å². The van der Waals surface area contributed by atoms with Crippen LogP contribution in [0.3, 0.4) is 0 Å². The molecule has 0 spiro atoms. The van der Waals surface area contributed by atoms with Gasteiger partial charge in [0.05, 0.1) is 4.88 Å². The normalized spacial score (nSPS) is 13.9. The van der Waals surface area contributed by atoms with E-state index >= 15 is 0 Å². The number of nitrogens with zero attached hydrogens (tertiary/aromatic N) is 1. The predicted molar refractivity (Wildman–Crippen MR) is 121 cm³/mol. The number of rotatable bonds is 5. The molecule has 1 fully saturated rings. The van der Waals surface area contributed by atoms with Crippen molar-refractivity contribution in [1.82, 2.24) is 4.98 Å². The van der Waals surface area contributed by atoms with Gasteiger partial charge in [0, 0.05) is 14.3 Å². The van der Waals surface area contributed by atoms with Gasteiger partial charge in [0.25, 0.3) is 0 Å². The van der Waals surface area contributed by atoms with Crippen LogP contribution in [0.5, 0.6) is 0 Å². The Hall–Kier alpha value is -3.61. The van der Waals surface area contributed by atoms with Crippen LogP contribution >= 0.6 is 22.7 Å². The number of carboxylic acid groups (broad SMARTS) is 1. The van der Waals surface area contributed by atoms with E-state index in [0.29, 0.717) is 18.5 Å². The van der Waals surface area contributed by atoms with Crippen LogP contribution in [0.2, 0.25) is 0 Å². The van der Waals surface area contributed by atoms with Crippen molar-refractivity contribution < 1.29 is 23.8 Å². The number of amides is 1. The van der Waals surface area contributed by atoms with Crippen LogP contribution in [0.1, 0.15) is 33.9 Å². The van der Waals surface area contributed by atoms with Gasteiger partial charge in [-0.15, -0.1) is 22.7 Å². The molecule has 4 aromatic rings. The Morgan fingerprint density at radius 2 is 1.94 bits per heavy atom. The summed E-state index contributed by atoms with van der Waals surface area (Å²) in [4.78, 5) is 29.4. The first kappa shape index (κ1) is 20.3. The van der Waals surface area contributed by atoms with Gasteiger partial charge in [-0.25, -0.2) is 9.78 Å². The number of benzene rings is 1. The Morgan fingerprint density at radius 3 is 2.66 bits per heavy atom. The molecule has 0 bridgehead atoms. The van der Waals surface area contributed by atoms with Gasteiger partial charge in [0.15, 0.2) is 12.1 Å². The largest absolute Gasteiger partial charge is 0.481 e. The maximum atomic E-state index is 12.1. The minimum absolute atomic E-state index is 0.119. The van der Waals surface area contributed by atoms with E-state index in [1.54, 1.807) is 0 Å². The number of aliphatic carboxylic acids is 1. The number of carboxylic acids is 1. The summed E-state index contributed by atoms with van der Waals surface area (Å²) in [5.74, 6) is 5.31. The van der Waals surface area contributed by atoms with Crippen molar-refractivity contribution in [2.75, 3.05) is 5.32 Å². The van der Waals surface area contributed by atoms with Crippen molar-refractivity contribution in [3.8, 4) is 11.8 Å². The average molecular weight is 465 g/mol. The van der Waals surface area contributed by atoms with Crippen LogP contribution in [-0.4, -0.2) is 22.2 Å². The molecule has 1 aliphatic carbocycles. The minimum atomic E-state index is -0.750. The molecule has 9 heteroatoms. The second-order valence-corrected chi connectivity index (χ2v) is 9.47. The van der Waals surface area contributed by atoms with Gasteiger partial charge in [0.2, 0.25) is 5.88 Å². The van der Waals surface area contributed by atoms with E-state index in [4.69, 9.17) is 9.15 Å². The molecule has 1 aliphatic rings. The summed E-state index contributed by atoms with van der Waals surface area (Å²) >= 11 is 3.00. The number of oxazole rings is 1. The maximum absolute atomic E-state index is 12.1. The molecular formula is C23H16N2O5S2. The molecule has 2 N–H and O–H groups in total. The minimum Gasteiger partial charge on any atom is -0.481 e. The summed E-state index contributed by atoms with van der Waals surface area (Å²) in [7, 11) is 0. The molecule has 160 valence electrons. The lowest BCUT2D eigenvalue weighted by molar-refractivity contribution is -0.139. The van der Waals surface area contributed by atoms with E-state index in [2.05, 4.69) is 22.1 Å². The van der Waals surface area contributed by atoms with Gasteiger partial charge in [-0.3, -0.25) is 10.1 Å². The summed E-state index contributed by atoms with van der Waals surface area (Å²) in [6, 6.07) is 13.3. The molecule has 7 nitrogen and oxygen atoms in total. The predicted octanol–water partition coefficient (Wildman–Crippen LogP) is 5.22. The number of carbonyl (C=O) groups is 2. The van der Waals surface area contributed by atoms with E-state index in [-0.39, 0.29) is 12.5 Å². The molecule has 0 radical (unpaired) electrons. The van der Waals surface area contributed by atoms with Gasteiger partial charge in [0.1, 0.15) is 12.0 Å². The fraction of sp³-hybridized carbons (Fsp3) is 0.174. The highest BCUT2D eigenvalue weighted by Gasteiger charge is 2.53. The van der Waals surface area contributed by atoms with E-state index in [9.17, 15) is 14.7 Å². The third kappa shape index (κ3) is 3.98. The third-order valence-corrected chi connectivity index (χ3v) is 7.55. The van der Waals surface area contributed by atoms with Gasteiger partial charge < -0.3 is 14.3 Å². The number of aromatic nitrogens is 1. The summed E-state index contributed by atoms with van der Waals surface area (Å²) in [5.41, 5.74) is 0.477. The first-order valence-corrected chi connectivity index (χ1v) is 11.4. The van der Waals surface area contributed by atoms with Crippen molar-refractivity contribution in [2.45, 2.75) is 24.9 Å². The Balaban J connectivity index is 1.26. The summed E-state index contributed by atoms with van der Waals surface area (Å²) in [6.45, 7) is 0.138. The van der Waals surface area contributed by atoms with Crippen molar-refractivity contribution >= 4 is 50.0 Å². The van der Waals surface area contributed by atoms with Crippen molar-refractivity contribution in [1.29, 1.82) is 0 Å². The number of hydrogen-bond donors (Lipinski definition) is 2. The molecule has 1 amide bonds. The van der Waals surface area contributed by atoms with E-state index < -0.39 is 17.5 Å². The average Bonchev–Trinajstić information content (AvgIpc) is 3.11. The van der Waals surface area contributed by atoms with Gasteiger partial charge in [-0.2, -0.15) is 0 Å². The topological polar surface area (TPSA) is 102 Å².